The molecular weight excluding hydrogens is 364 g/mol. The summed E-state index contributed by atoms with van der Waals surface area (Å²) in [4.78, 5) is 27.8. The Bertz CT molecular complexity index is 735. The summed E-state index contributed by atoms with van der Waals surface area (Å²) >= 11 is 8.10. The molecule has 3 rings (SSSR count). The number of hydrogen-bond acceptors (Lipinski definition) is 6. The van der Waals surface area contributed by atoms with Gasteiger partial charge in [-0.05, 0) is 25.5 Å². The van der Waals surface area contributed by atoms with E-state index in [-0.39, 0.29) is 17.7 Å². The molecule has 24 heavy (non-hydrogen) atoms. The van der Waals surface area contributed by atoms with Crippen LogP contribution in [-0.4, -0.2) is 44.5 Å². The number of amides is 1. The molecule has 126 valence electrons. The van der Waals surface area contributed by atoms with Crippen molar-refractivity contribution >= 4 is 57.6 Å². The Morgan fingerprint density at radius 2 is 2.12 bits per heavy atom. The minimum Gasteiger partial charge on any atom is -0.480 e. The fourth-order valence-corrected chi connectivity index (χ4v) is 5.29. The van der Waals surface area contributed by atoms with Gasteiger partial charge < -0.3 is 10.0 Å². The van der Waals surface area contributed by atoms with E-state index in [4.69, 9.17) is 17.3 Å². The molecule has 0 bridgehead atoms. The maximum Gasteiger partial charge on any atom is 0.323 e. The molecule has 0 aromatic heterocycles. The molecule has 1 fully saturated rings. The zero-order chi connectivity index (χ0) is 17.3. The second-order valence-electron chi connectivity index (χ2n) is 5.28. The first kappa shape index (κ1) is 17.3. The Balaban J connectivity index is 1.72. The Labute approximate surface area is 154 Å². The molecule has 2 aliphatic heterocycles. The number of hydrogen-bond donors (Lipinski definition) is 1. The van der Waals surface area contributed by atoms with Gasteiger partial charge in [-0.15, -0.1) is 0 Å². The summed E-state index contributed by atoms with van der Waals surface area (Å²) in [5, 5.41) is 9.65. The Kier molecular flexibility index (Phi) is 5.17. The number of para-hydroxylation sites is 1. The highest BCUT2D eigenvalue weighted by Crippen LogP contribution is 2.46. The summed E-state index contributed by atoms with van der Waals surface area (Å²) in [6.45, 7) is 2.58. The second kappa shape index (κ2) is 7.16. The number of fused-ring (bicyclic) bond motifs is 1. The van der Waals surface area contributed by atoms with Crippen LogP contribution >= 0.6 is 35.7 Å². The molecule has 1 unspecified atom stereocenters. The van der Waals surface area contributed by atoms with E-state index in [1.165, 1.54) is 27.2 Å². The highest BCUT2D eigenvalue weighted by Gasteiger charge is 2.37. The lowest BCUT2D eigenvalue weighted by Gasteiger charge is -2.18. The Hall–Kier alpha value is -1.51. The maximum absolute atomic E-state index is 12.3. The van der Waals surface area contributed by atoms with Crippen LogP contribution in [0.2, 0.25) is 0 Å². The third-order valence-corrected chi connectivity index (χ3v) is 6.53. The average molecular weight is 381 g/mol. The van der Waals surface area contributed by atoms with E-state index in [2.05, 4.69) is 30.0 Å². The van der Waals surface area contributed by atoms with Crippen LogP contribution in [0.5, 0.6) is 0 Å². The molecule has 1 aromatic rings. The van der Waals surface area contributed by atoms with Crippen molar-refractivity contribution in [3.05, 3.63) is 35.4 Å². The fraction of sp³-hybridized carbons (Fsp3) is 0.312. The van der Waals surface area contributed by atoms with Crippen molar-refractivity contribution in [3.8, 4) is 0 Å². The van der Waals surface area contributed by atoms with E-state index >= 15 is 0 Å². The minimum absolute atomic E-state index is 0.215. The molecule has 8 heteroatoms. The largest absolute Gasteiger partial charge is 0.480 e. The first-order valence-corrected chi connectivity index (χ1v) is 9.60. The van der Waals surface area contributed by atoms with Gasteiger partial charge in [-0.2, -0.15) is 0 Å². The van der Waals surface area contributed by atoms with Gasteiger partial charge in [0.1, 0.15) is 10.9 Å². The van der Waals surface area contributed by atoms with E-state index in [0.717, 1.165) is 11.6 Å². The van der Waals surface area contributed by atoms with E-state index in [1.54, 1.807) is 11.8 Å². The van der Waals surface area contributed by atoms with Crippen molar-refractivity contribution in [1.82, 2.24) is 4.90 Å². The lowest BCUT2D eigenvalue weighted by molar-refractivity contribution is -0.141. The molecule has 1 amide bonds. The first-order chi connectivity index (χ1) is 11.5. The van der Waals surface area contributed by atoms with Gasteiger partial charge in [0.25, 0.3) is 0 Å². The Morgan fingerprint density at radius 1 is 1.38 bits per heavy atom. The molecule has 2 heterocycles. The van der Waals surface area contributed by atoms with E-state index in [9.17, 15) is 9.59 Å². The molecule has 0 spiro atoms. The molecule has 0 saturated carbocycles. The Morgan fingerprint density at radius 3 is 2.83 bits per heavy atom. The van der Waals surface area contributed by atoms with Gasteiger partial charge in [0.2, 0.25) is 5.91 Å². The van der Waals surface area contributed by atoms with E-state index in [0.29, 0.717) is 10.7 Å². The normalized spacial score (nSPS) is 21.7. The molecule has 1 atom stereocenters. The SMILES string of the molecule is CCN1C(=CCC2SC(=S)N(CC(=O)O)C2=O)Sc2ccccc21. The van der Waals surface area contributed by atoms with Crippen molar-refractivity contribution in [2.24, 2.45) is 0 Å². The first-order valence-electron chi connectivity index (χ1n) is 7.49. The third-order valence-electron chi connectivity index (χ3n) is 3.76. The monoisotopic (exact) mass is 380 g/mol. The zero-order valence-corrected chi connectivity index (χ0v) is 15.4. The third kappa shape index (κ3) is 3.31. The molecule has 0 aliphatic carbocycles. The molecule has 0 radical (unpaired) electrons. The van der Waals surface area contributed by atoms with Crippen LogP contribution in [0, 0.1) is 0 Å². The van der Waals surface area contributed by atoms with Crippen molar-refractivity contribution in [2.45, 2.75) is 23.5 Å². The van der Waals surface area contributed by atoms with Gasteiger partial charge in [0.05, 0.1) is 16.0 Å². The van der Waals surface area contributed by atoms with Crippen LogP contribution in [0.3, 0.4) is 0 Å². The maximum atomic E-state index is 12.3. The lowest BCUT2D eigenvalue weighted by Crippen LogP contribution is -2.35. The summed E-state index contributed by atoms with van der Waals surface area (Å²) in [5.74, 6) is -1.27. The molecule has 1 aromatic carbocycles. The highest BCUT2D eigenvalue weighted by molar-refractivity contribution is 8.24. The van der Waals surface area contributed by atoms with Gasteiger partial charge in [-0.3, -0.25) is 14.5 Å². The van der Waals surface area contributed by atoms with Crippen LogP contribution in [0.1, 0.15) is 13.3 Å². The molecule has 1 N–H and O–H groups in total. The number of carbonyl (C=O) groups excluding carboxylic acids is 1. The zero-order valence-electron chi connectivity index (χ0n) is 13.0. The lowest BCUT2D eigenvalue weighted by atomic mass is 10.2. The van der Waals surface area contributed by atoms with Gasteiger partial charge in [0, 0.05) is 11.4 Å². The van der Waals surface area contributed by atoms with Gasteiger partial charge in [-0.25, -0.2) is 0 Å². The van der Waals surface area contributed by atoms with Crippen LogP contribution < -0.4 is 4.90 Å². The summed E-state index contributed by atoms with van der Waals surface area (Å²) in [7, 11) is 0. The minimum atomic E-state index is -1.05. The molecular formula is C16H16N2O3S3. The van der Waals surface area contributed by atoms with E-state index in [1.807, 2.05) is 12.1 Å². The topological polar surface area (TPSA) is 60.9 Å². The van der Waals surface area contributed by atoms with Crippen molar-refractivity contribution < 1.29 is 14.7 Å². The number of carboxylic acid groups (broad SMARTS) is 1. The quantitative estimate of drug-likeness (QED) is 0.787. The van der Waals surface area contributed by atoms with Gasteiger partial charge >= 0.3 is 5.97 Å². The van der Waals surface area contributed by atoms with Crippen molar-refractivity contribution in [2.75, 3.05) is 18.0 Å². The van der Waals surface area contributed by atoms with Crippen molar-refractivity contribution in [3.63, 3.8) is 0 Å². The molecule has 2 aliphatic rings. The number of rotatable bonds is 5. The summed E-state index contributed by atoms with van der Waals surface area (Å²) in [6, 6.07) is 8.21. The van der Waals surface area contributed by atoms with Crippen LogP contribution in [0.15, 0.2) is 40.3 Å². The number of anilines is 1. The fourth-order valence-electron chi connectivity index (χ4n) is 2.66. The molecule has 1 saturated heterocycles. The highest BCUT2D eigenvalue weighted by atomic mass is 32.2. The molecule has 5 nitrogen and oxygen atoms in total. The van der Waals surface area contributed by atoms with Gasteiger partial charge in [-0.1, -0.05) is 54.0 Å². The summed E-state index contributed by atoms with van der Waals surface area (Å²) in [5.41, 5.74) is 1.18. The number of allylic oxidation sites excluding steroid dienone is 1. The van der Waals surface area contributed by atoms with Crippen molar-refractivity contribution in [1.29, 1.82) is 0 Å². The van der Waals surface area contributed by atoms with E-state index < -0.39 is 5.97 Å². The number of benzene rings is 1. The van der Waals surface area contributed by atoms with Crippen LogP contribution in [0.4, 0.5) is 5.69 Å². The number of thioether (sulfide) groups is 2. The standard InChI is InChI=1S/C16H16N2O3S3/c1-2-17-10-5-3-4-6-11(10)23-13(17)8-7-12-15(21)18(9-14(19)20)16(22)24-12/h3-6,8,12H,2,7,9H2,1H3,(H,19,20). The predicted molar refractivity (Wildman–Crippen MR) is 101 cm³/mol. The summed E-state index contributed by atoms with van der Waals surface area (Å²) < 4.78 is 0.348. The van der Waals surface area contributed by atoms with Crippen LogP contribution in [-0.2, 0) is 9.59 Å². The predicted octanol–water partition coefficient (Wildman–Crippen LogP) is 3.16. The average Bonchev–Trinajstić information content (AvgIpc) is 3.04. The second-order valence-corrected chi connectivity index (χ2v) is 8.18. The number of thiocarbonyl (C=S) groups is 1. The number of nitrogens with zero attached hydrogens (tertiary/aromatic N) is 2. The summed E-state index contributed by atoms with van der Waals surface area (Å²) in [6.07, 6.45) is 2.59. The van der Waals surface area contributed by atoms with Crippen LogP contribution in [0.25, 0.3) is 0 Å². The van der Waals surface area contributed by atoms with Gasteiger partial charge in [0.15, 0.2) is 0 Å². The number of carboxylic acids is 1. The number of carbonyl (C=O) groups is 2. The smallest absolute Gasteiger partial charge is 0.323 e. The number of aliphatic carboxylic acids is 1.